The Kier molecular flexibility index (Phi) is 5.58. The molecule has 0 aromatic rings. The fraction of sp³-hybridized carbons (Fsp3) is 0.909. The third-order valence-corrected chi connectivity index (χ3v) is 2.73. The minimum Gasteiger partial charge on any atom is -0.303 e. The molecule has 0 radical (unpaired) electrons. The van der Waals surface area contributed by atoms with Gasteiger partial charge < -0.3 is 10.2 Å². The quantitative estimate of drug-likeness (QED) is 0.695. The molecule has 1 saturated heterocycles. The molecule has 0 saturated carbocycles. The van der Waals surface area contributed by atoms with Gasteiger partial charge in [0.25, 0.3) is 0 Å². The van der Waals surface area contributed by atoms with Crippen molar-refractivity contribution < 1.29 is 0 Å². The third kappa shape index (κ3) is 4.08. The highest BCUT2D eigenvalue weighted by Crippen LogP contribution is 2.08. The van der Waals surface area contributed by atoms with E-state index in [0.29, 0.717) is 0 Å². The number of likely N-dealkylation sites (tertiary alicyclic amines) is 1. The van der Waals surface area contributed by atoms with Crippen molar-refractivity contribution in [3.63, 3.8) is 0 Å². The van der Waals surface area contributed by atoms with Crippen molar-refractivity contribution in [3.05, 3.63) is 0 Å². The van der Waals surface area contributed by atoms with E-state index in [9.17, 15) is 0 Å². The normalized spacial score (nSPS) is 19.4. The van der Waals surface area contributed by atoms with Gasteiger partial charge in [-0.25, -0.2) is 0 Å². The summed E-state index contributed by atoms with van der Waals surface area (Å²) in [6.45, 7) is 6.62. The molecular weight excluding hydrogens is 174 g/mol. The minimum atomic E-state index is 0.0514. The molecule has 0 spiro atoms. The number of hydrogen-bond acceptors (Lipinski definition) is 3. The molecular formula is C11H21N3. The van der Waals surface area contributed by atoms with Gasteiger partial charge in [0.05, 0.1) is 12.1 Å². The Morgan fingerprint density at radius 3 is 2.71 bits per heavy atom. The van der Waals surface area contributed by atoms with E-state index in [4.69, 9.17) is 5.26 Å². The molecule has 0 amide bonds. The van der Waals surface area contributed by atoms with Crippen LogP contribution < -0.4 is 5.32 Å². The minimum absolute atomic E-state index is 0.0514. The Balaban J connectivity index is 2.10. The van der Waals surface area contributed by atoms with E-state index in [1.165, 1.54) is 25.9 Å². The summed E-state index contributed by atoms with van der Waals surface area (Å²) in [7, 11) is 0. The van der Waals surface area contributed by atoms with E-state index >= 15 is 0 Å². The summed E-state index contributed by atoms with van der Waals surface area (Å²) in [6, 6.07) is 2.37. The zero-order chi connectivity index (χ0) is 10.2. The highest BCUT2D eigenvalue weighted by molar-refractivity contribution is 4.90. The SMILES string of the molecule is CCCNC(C#N)CCN1CCCC1. The molecule has 0 aliphatic carbocycles. The molecule has 80 valence electrons. The van der Waals surface area contributed by atoms with Crippen molar-refractivity contribution in [2.45, 2.75) is 38.6 Å². The maximum absolute atomic E-state index is 8.90. The van der Waals surface area contributed by atoms with E-state index in [0.717, 1.165) is 25.9 Å². The highest BCUT2D eigenvalue weighted by Gasteiger charge is 2.13. The number of nitrogens with zero attached hydrogens (tertiary/aromatic N) is 2. The smallest absolute Gasteiger partial charge is 0.0965 e. The lowest BCUT2D eigenvalue weighted by atomic mass is 10.2. The monoisotopic (exact) mass is 195 g/mol. The number of nitrogens with one attached hydrogen (secondary N) is 1. The third-order valence-electron chi connectivity index (χ3n) is 2.73. The topological polar surface area (TPSA) is 39.1 Å². The van der Waals surface area contributed by atoms with Crippen molar-refractivity contribution in [3.8, 4) is 6.07 Å². The van der Waals surface area contributed by atoms with Crippen LogP contribution in [0.15, 0.2) is 0 Å². The summed E-state index contributed by atoms with van der Waals surface area (Å²) in [5, 5.41) is 12.2. The molecule has 3 heteroatoms. The van der Waals surface area contributed by atoms with Crippen LogP contribution in [-0.4, -0.2) is 37.1 Å². The summed E-state index contributed by atoms with van der Waals surface area (Å²) in [4.78, 5) is 2.46. The van der Waals surface area contributed by atoms with Crippen molar-refractivity contribution in [1.29, 1.82) is 5.26 Å². The predicted octanol–water partition coefficient (Wildman–Crippen LogP) is 1.36. The Bertz CT molecular complexity index is 179. The summed E-state index contributed by atoms with van der Waals surface area (Å²) in [5.41, 5.74) is 0. The van der Waals surface area contributed by atoms with Crippen LogP contribution in [-0.2, 0) is 0 Å². The second kappa shape index (κ2) is 6.80. The van der Waals surface area contributed by atoms with Crippen molar-refractivity contribution >= 4 is 0 Å². The van der Waals surface area contributed by atoms with Crippen LogP contribution in [0.2, 0.25) is 0 Å². The maximum atomic E-state index is 8.90. The largest absolute Gasteiger partial charge is 0.303 e. The Morgan fingerprint density at radius 2 is 2.14 bits per heavy atom. The Labute approximate surface area is 87.1 Å². The van der Waals surface area contributed by atoms with Gasteiger partial charge in [-0.2, -0.15) is 5.26 Å². The first-order valence-electron chi connectivity index (χ1n) is 5.72. The molecule has 1 atom stereocenters. The number of rotatable bonds is 6. The van der Waals surface area contributed by atoms with E-state index in [2.05, 4.69) is 23.2 Å². The van der Waals surface area contributed by atoms with Crippen LogP contribution in [0.5, 0.6) is 0 Å². The highest BCUT2D eigenvalue weighted by atomic mass is 15.1. The van der Waals surface area contributed by atoms with Crippen LogP contribution in [0.3, 0.4) is 0 Å². The van der Waals surface area contributed by atoms with E-state index in [-0.39, 0.29) is 6.04 Å². The molecule has 0 aromatic heterocycles. The van der Waals surface area contributed by atoms with Gasteiger partial charge in [-0.3, -0.25) is 0 Å². The first-order chi connectivity index (χ1) is 6.86. The second-order valence-electron chi connectivity index (χ2n) is 3.97. The van der Waals surface area contributed by atoms with Gasteiger partial charge in [-0.1, -0.05) is 6.92 Å². The molecule has 1 rings (SSSR count). The first kappa shape index (κ1) is 11.5. The van der Waals surface area contributed by atoms with Crippen LogP contribution in [0.25, 0.3) is 0 Å². The number of hydrogen-bond donors (Lipinski definition) is 1. The maximum Gasteiger partial charge on any atom is 0.0965 e. The standard InChI is InChI=1S/C11H21N3/c1-2-6-13-11(10-12)5-9-14-7-3-4-8-14/h11,13H,2-9H2,1H3. The lowest BCUT2D eigenvalue weighted by molar-refractivity contribution is 0.321. The van der Waals surface area contributed by atoms with Gasteiger partial charge in [0, 0.05) is 6.54 Å². The second-order valence-corrected chi connectivity index (χ2v) is 3.97. The molecule has 1 N–H and O–H groups in total. The van der Waals surface area contributed by atoms with Crippen molar-refractivity contribution in [2.75, 3.05) is 26.2 Å². The summed E-state index contributed by atoms with van der Waals surface area (Å²) in [5.74, 6) is 0. The lowest BCUT2D eigenvalue weighted by Gasteiger charge is -2.17. The van der Waals surface area contributed by atoms with Crippen LogP contribution in [0.1, 0.15) is 32.6 Å². The Morgan fingerprint density at radius 1 is 1.43 bits per heavy atom. The van der Waals surface area contributed by atoms with Crippen molar-refractivity contribution in [2.24, 2.45) is 0 Å². The summed E-state index contributed by atoms with van der Waals surface area (Å²) in [6.07, 6.45) is 4.73. The molecule has 1 aliphatic heterocycles. The molecule has 0 aromatic carbocycles. The van der Waals surface area contributed by atoms with E-state index in [1.807, 2.05) is 0 Å². The molecule has 14 heavy (non-hydrogen) atoms. The van der Waals surface area contributed by atoms with E-state index < -0.39 is 0 Å². The van der Waals surface area contributed by atoms with Crippen LogP contribution in [0.4, 0.5) is 0 Å². The first-order valence-corrected chi connectivity index (χ1v) is 5.72. The van der Waals surface area contributed by atoms with Gasteiger partial charge in [0.1, 0.15) is 0 Å². The average molecular weight is 195 g/mol. The van der Waals surface area contributed by atoms with Gasteiger partial charge in [0.15, 0.2) is 0 Å². The molecule has 1 unspecified atom stereocenters. The number of nitriles is 1. The molecule has 1 aliphatic rings. The average Bonchev–Trinajstić information content (AvgIpc) is 2.71. The molecule has 1 fully saturated rings. The van der Waals surface area contributed by atoms with Crippen LogP contribution >= 0.6 is 0 Å². The molecule has 1 heterocycles. The van der Waals surface area contributed by atoms with E-state index in [1.54, 1.807) is 0 Å². The van der Waals surface area contributed by atoms with Gasteiger partial charge in [0.2, 0.25) is 0 Å². The summed E-state index contributed by atoms with van der Waals surface area (Å²) >= 11 is 0. The fourth-order valence-corrected chi connectivity index (χ4v) is 1.85. The zero-order valence-corrected chi connectivity index (χ0v) is 9.13. The van der Waals surface area contributed by atoms with Crippen molar-refractivity contribution in [1.82, 2.24) is 10.2 Å². The van der Waals surface area contributed by atoms with Gasteiger partial charge in [-0.15, -0.1) is 0 Å². The fourth-order valence-electron chi connectivity index (χ4n) is 1.85. The zero-order valence-electron chi connectivity index (χ0n) is 9.13. The van der Waals surface area contributed by atoms with Gasteiger partial charge >= 0.3 is 0 Å². The molecule has 3 nitrogen and oxygen atoms in total. The Hall–Kier alpha value is -0.590. The van der Waals surface area contributed by atoms with Gasteiger partial charge in [-0.05, 0) is 45.3 Å². The van der Waals surface area contributed by atoms with Crippen LogP contribution in [0, 0.1) is 11.3 Å². The lowest BCUT2D eigenvalue weighted by Crippen LogP contribution is -2.32. The predicted molar refractivity (Wildman–Crippen MR) is 58.0 cm³/mol. The molecule has 0 bridgehead atoms. The summed E-state index contributed by atoms with van der Waals surface area (Å²) < 4.78 is 0.